The topological polar surface area (TPSA) is 226 Å². The zero-order valence-corrected chi connectivity index (χ0v) is 62.8. The van der Waals surface area contributed by atoms with Gasteiger partial charge in [-0.1, -0.05) is 96.0 Å². The predicted molar refractivity (Wildman–Crippen MR) is 392 cm³/mol. The van der Waals surface area contributed by atoms with E-state index in [2.05, 4.69) is 77.5 Å². The fourth-order valence-electron chi connectivity index (χ4n) is 22.6. The third-order valence-corrected chi connectivity index (χ3v) is 26.3. The number of benzene rings is 1. The first kappa shape index (κ1) is 72.6. The number of hydrogen-bond acceptors (Lipinski definition) is 12. The second-order valence-corrected chi connectivity index (χ2v) is 35.7. The Morgan fingerprint density at radius 1 is 0.480 bits per heavy atom. The molecule has 1 aliphatic heterocycles. The number of carbonyl (C=O) groups is 6. The third-order valence-electron chi connectivity index (χ3n) is 26.3. The highest BCUT2D eigenvalue weighted by Crippen LogP contribution is 2.55. The Balaban J connectivity index is 0.000000131. The number of fused-ring (bicyclic) bond motifs is 3. The van der Waals surface area contributed by atoms with Crippen LogP contribution in [0.1, 0.15) is 305 Å². The summed E-state index contributed by atoms with van der Waals surface area (Å²) in [5.74, 6) is 5.38. The highest BCUT2D eigenvalue weighted by Gasteiger charge is 2.51. The minimum atomic E-state index is -0.262. The molecule has 0 radical (unpaired) electrons. The number of hydrazine groups is 1. The minimum Gasteiger partial charge on any atom is -0.466 e. The van der Waals surface area contributed by atoms with Gasteiger partial charge in [0.1, 0.15) is 0 Å². The summed E-state index contributed by atoms with van der Waals surface area (Å²) in [6.07, 6.45) is 35.9. The lowest BCUT2D eigenvalue weighted by Crippen LogP contribution is -2.56. The number of piperidine rings is 1. The summed E-state index contributed by atoms with van der Waals surface area (Å²) in [6.45, 7) is 17.8. The highest BCUT2D eigenvalue weighted by atomic mass is 16.5. The number of nitrogens with zero attached hydrogens (tertiary/aromatic N) is 7. The smallest absolute Gasteiger partial charge is 0.309 e. The molecule has 10 saturated carbocycles. The molecule has 1 saturated heterocycles. The molecule has 556 valence electrons. The average Bonchev–Trinajstić information content (AvgIpc) is 1.33. The van der Waals surface area contributed by atoms with Gasteiger partial charge in [0.2, 0.25) is 5.91 Å². The Kier molecular flexibility index (Phi) is 22.3. The lowest BCUT2D eigenvalue weighted by Gasteiger charge is -2.54. The molecule has 8 bridgehead atoms. The quantitative estimate of drug-likeness (QED) is 0.0724. The molecule has 18 rings (SSSR count). The molecule has 13 aliphatic carbocycles. The van der Waals surface area contributed by atoms with Crippen LogP contribution in [-0.2, 0) is 68.9 Å². The monoisotopic (exact) mass is 1400 g/mol. The lowest BCUT2D eigenvalue weighted by molar-refractivity contribution is -0.149. The van der Waals surface area contributed by atoms with Crippen molar-refractivity contribution in [2.45, 2.75) is 297 Å². The van der Waals surface area contributed by atoms with Gasteiger partial charge in [0.15, 0.2) is 17.1 Å². The summed E-state index contributed by atoms with van der Waals surface area (Å²) in [5, 5.41) is 27.2. The average molecular weight is 1400 g/mol. The summed E-state index contributed by atoms with van der Waals surface area (Å²) in [5.41, 5.74) is 12.3. The molecule has 4 N–H and O–H groups in total. The van der Waals surface area contributed by atoms with Gasteiger partial charge in [-0.25, -0.2) is 5.01 Å². The second kappa shape index (κ2) is 31.4. The van der Waals surface area contributed by atoms with Crippen LogP contribution >= 0.6 is 0 Å². The van der Waals surface area contributed by atoms with E-state index in [1.54, 1.807) is 0 Å². The molecule has 4 aromatic rings. The van der Waals surface area contributed by atoms with Gasteiger partial charge in [-0.15, -0.1) is 0 Å². The maximum absolute atomic E-state index is 14.0. The number of hydrogen-bond donors (Lipinski definition) is 4. The Morgan fingerprint density at radius 3 is 1.41 bits per heavy atom. The van der Waals surface area contributed by atoms with Crippen molar-refractivity contribution in [1.29, 1.82) is 0 Å². The van der Waals surface area contributed by atoms with Crippen LogP contribution in [0, 0.1) is 70.5 Å². The molecule has 19 heteroatoms. The molecule has 19 nitrogen and oxygen atoms in total. The third kappa shape index (κ3) is 16.4. The number of nitrogens with one attached hydrogen (secondary N) is 4. The SMILES string of the molecule is CC(C)(C)CC(C)(C)NC(=O)C1CCc2c(c(C(=O)NC3C4CC5CC(C4)CC3C5)nn2C2CCCCC2)C1.CCOC(=O)C1CCc2c(C(=O)NC3C4CC5CC(C4)CC3C5)nn(Cc3ccccc3)c2C1.CCOC(=O)C1CCc2c(c(C(=O)NN3CCCCC3)nn2C2CCCCC2)C1. The first-order chi connectivity index (χ1) is 49.2. The van der Waals surface area contributed by atoms with Gasteiger partial charge in [-0.3, -0.25) is 48.2 Å². The number of rotatable bonds is 17. The Bertz CT molecular complexity index is 3580. The van der Waals surface area contributed by atoms with Gasteiger partial charge in [-0.05, 0) is 247 Å². The van der Waals surface area contributed by atoms with E-state index in [0.717, 1.165) is 135 Å². The van der Waals surface area contributed by atoms with Crippen LogP contribution in [0.15, 0.2) is 30.3 Å². The minimum absolute atomic E-state index is 0.0184. The first-order valence-electron chi connectivity index (χ1n) is 40.9. The molecule has 4 amide bonds. The van der Waals surface area contributed by atoms with Gasteiger partial charge in [0.25, 0.3) is 17.7 Å². The Labute approximate surface area is 606 Å². The molecule has 3 unspecified atom stereocenters. The van der Waals surface area contributed by atoms with Crippen LogP contribution in [0.4, 0.5) is 0 Å². The maximum Gasteiger partial charge on any atom is 0.309 e. The van der Waals surface area contributed by atoms with Crippen LogP contribution in [0.3, 0.4) is 0 Å². The van der Waals surface area contributed by atoms with Crippen molar-refractivity contribution >= 4 is 35.6 Å². The van der Waals surface area contributed by atoms with Crippen LogP contribution in [0.25, 0.3) is 0 Å². The van der Waals surface area contributed by atoms with E-state index in [0.29, 0.717) is 117 Å². The van der Waals surface area contributed by atoms with E-state index in [1.807, 2.05) is 41.7 Å². The van der Waals surface area contributed by atoms with E-state index < -0.39 is 0 Å². The standard InChI is InChI=1S/C33H52N4O2.C28H35N3O3.C22H34N4O3/c1-32(2,3)19-33(4,5)35-30(38)22-11-12-27-26(18-22)29(36-37(27)25-9-7-6-8-10-25)31(39)34-28-23-14-20-13-21(16-23)17-24(28)15-20;1-2-34-28(33)20-8-9-23-24(15-20)31(16-17-6-4-3-5-7-17)30-26(23)27(32)29-25-21-11-18-10-19(13-21)14-22(25)12-18;1-2-29-22(28)16-11-12-19-18(15-16)20(21(27)24-25-13-7-4-8-14-25)23-26(19)17-9-5-3-6-10-17/h20-25,28H,6-19H2,1-5H3,(H,34,39)(H,35,38);3-7,18-22,25H,2,8-16H2,1H3,(H,29,32);16-17H,2-15H2,1H3,(H,24,27). The molecule has 102 heavy (non-hydrogen) atoms. The number of aromatic nitrogens is 6. The number of amides is 4. The second-order valence-electron chi connectivity index (χ2n) is 35.7. The van der Waals surface area contributed by atoms with Crippen molar-refractivity contribution in [2.24, 2.45) is 70.5 Å². The number of ether oxygens (including phenoxy) is 2. The zero-order valence-electron chi connectivity index (χ0n) is 62.8. The summed E-state index contributed by atoms with van der Waals surface area (Å²) in [7, 11) is 0. The zero-order chi connectivity index (χ0) is 71.0. The Hall–Kier alpha value is -6.37. The van der Waals surface area contributed by atoms with Crippen LogP contribution in [0.5, 0.6) is 0 Å². The van der Waals surface area contributed by atoms with Crippen LogP contribution in [-0.4, -0.2) is 114 Å². The van der Waals surface area contributed by atoms with Gasteiger partial charge in [0, 0.05) is 76.8 Å². The van der Waals surface area contributed by atoms with Crippen molar-refractivity contribution in [3.05, 3.63) is 86.7 Å². The summed E-state index contributed by atoms with van der Waals surface area (Å²) in [6, 6.07) is 11.6. The first-order valence-corrected chi connectivity index (χ1v) is 40.9. The molecule has 14 aliphatic rings. The van der Waals surface area contributed by atoms with Gasteiger partial charge >= 0.3 is 11.9 Å². The van der Waals surface area contributed by atoms with Gasteiger partial charge in [-0.2, -0.15) is 15.3 Å². The number of esters is 2. The molecule has 0 spiro atoms. The maximum atomic E-state index is 14.0. The van der Waals surface area contributed by atoms with Crippen molar-refractivity contribution in [2.75, 3.05) is 26.3 Å². The normalized spacial score (nSPS) is 29.5. The summed E-state index contributed by atoms with van der Waals surface area (Å²) >= 11 is 0. The van der Waals surface area contributed by atoms with Crippen LogP contribution in [0.2, 0.25) is 0 Å². The van der Waals surface area contributed by atoms with E-state index in [9.17, 15) is 28.8 Å². The van der Waals surface area contributed by atoms with Crippen molar-refractivity contribution in [3.63, 3.8) is 0 Å². The molecule has 1 aromatic carbocycles. The van der Waals surface area contributed by atoms with Gasteiger partial charge < -0.3 is 25.4 Å². The van der Waals surface area contributed by atoms with Crippen LogP contribution < -0.4 is 21.4 Å². The van der Waals surface area contributed by atoms with E-state index in [4.69, 9.17) is 24.8 Å². The highest BCUT2D eigenvalue weighted by molar-refractivity contribution is 5.96. The van der Waals surface area contributed by atoms with E-state index in [1.165, 1.54) is 121 Å². The Morgan fingerprint density at radius 2 is 0.922 bits per heavy atom. The predicted octanol–water partition coefficient (Wildman–Crippen LogP) is 13.7. The molecular weight excluding hydrogens is 1280 g/mol. The van der Waals surface area contributed by atoms with Crippen molar-refractivity contribution in [3.8, 4) is 0 Å². The lowest BCUT2D eigenvalue weighted by atomic mass is 9.54. The van der Waals surface area contributed by atoms with Crippen molar-refractivity contribution in [1.82, 2.24) is 55.7 Å². The molecule has 11 fully saturated rings. The van der Waals surface area contributed by atoms with Gasteiger partial charge in [0.05, 0.1) is 43.7 Å². The number of carbonyl (C=O) groups excluding carboxylic acids is 6. The summed E-state index contributed by atoms with van der Waals surface area (Å²) in [4.78, 5) is 79.1. The molecular formula is C83H121N11O8. The molecule has 3 aromatic heterocycles. The molecule has 3 atom stereocenters. The van der Waals surface area contributed by atoms with Crippen molar-refractivity contribution < 1.29 is 38.2 Å². The van der Waals surface area contributed by atoms with E-state index >= 15 is 0 Å². The summed E-state index contributed by atoms with van der Waals surface area (Å²) < 4.78 is 16.9. The fraction of sp³-hybridized carbons (Fsp3) is 0.747. The molecule has 4 heterocycles. The fourth-order valence-corrected chi connectivity index (χ4v) is 22.6. The van der Waals surface area contributed by atoms with E-state index in [-0.39, 0.29) is 64.3 Å². The largest absolute Gasteiger partial charge is 0.466 e.